The van der Waals surface area contributed by atoms with Crippen LogP contribution in [0.1, 0.15) is 23.2 Å². The van der Waals surface area contributed by atoms with Gasteiger partial charge >= 0.3 is 0 Å². The lowest BCUT2D eigenvalue weighted by atomic mass is 10.2. The van der Waals surface area contributed by atoms with Gasteiger partial charge in [0, 0.05) is 11.7 Å². The summed E-state index contributed by atoms with van der Waals surface area (Å²) in [6.07, 6.45) is 1.60. The van der Waals surface area contributed by atoms with Crippen molar-refractivity contribution in [2.75, 3.05) is 5.32 Å². The standard InChI is InChI=1S/C16H14F2N2O3S/c17-10-4-7-15(18)14(8-10)16(21)19-12-2-1-3-13(9-12)24(22,23)20-11-5-6-11/h1-4,7-9,11,20H,5-6H2,(H,19,21). The van der Waals surface area contributed by atoms with Crippen molar-refractivity contribution in [3.8, 4) is 0 Å². The number of halogens is 2. The first-order valence-electron chi connectivity index (χ1n) is 7.24. The first kappa shape index (κ1) is 16.5. The summed E-state index contributed by atoms with van der Waals surface area (Å²) in [7, 11) is -3.67. The Morgan fingerprint density at radius 1 is 1.08 bits per heavy atom. The van der Waals surface area contributed by atoms with Crippen molar-refractivity contribution in [1.82, 2.24) is 4.72 Å². The predicted molar refractivity (Wildman–Crippen MR) is 84.1 cm³/mol. The fraction of sp³-hybridized carbons (Fsp3) is 0.188. The minimum absolute atomic E-state index is 0.00749. The van der Waals surface area contributed by atoms with Gasteiger partial charge in [0.2, 0.25) is 10.0 Å². The molecule has 1 amide bonds. The van der Waals surface area contributed by atoms with E-state index >= 15 is 0 Å². The zero-order valence-corrected chi connectivity index (χ0v) is 13.2. The van der Waals surface area contributed by atoms with Crippen LogP contribution in [0.2, 0.25) is 0 Å². The molecule has 0 aromatic heterocycles. The Balaban J connectivity index is 1.81. The lowest BCUT2D eigenvalue weighted by Crippen LogP contribution is -2.25. The Bertz CT molecular complexity index is 896. The highest BCUT2D eigenvalue weighted by atomic mass is 32.2. The molecular formula is C16H14F2N2O3S. The molecule has 1 fully saturated rings. The Hall–Kier alpha value is -2.32. The second-order valence-electron chi connectivity index (χ2n) is 5.50. The van der Waals surface area contributed by atoms with Crippen LogP contribution >= 0.6 is 0 Å². The third kappa shape index (κ3) is 3.77. The quantitative estimate of drug-likeness (QED) is 0.869. The molecule has 126 valence electrons. The number of hydrogen-bond acceptors (Lipinski definition) is 3. The normalized spacial score (nSPS) is 14.4. The minimum atomic E-state index is -3.67. The molecule has 0 aliphatic heterocycles. The molecule has 3 rings (SSSR count). The van der Waals surface area contributed by atoms with Crippen molar-refractivity contribution in [3.05, 3.63) is 59.7 Å². The molecule has 5 nitrogen and oxygen atoms in total. The summed E-state index contributed by atoms with van der Waals surface area (Å²) in [6, 6.07) is 8.07. The molecule has 2 N–H and O–H groups in total. The molecule has 0 unspecified atom stereocenters. The van der Waals surface area contributed by atoms with Crippen molar-refractivity contribution in [2.45, 2.75) is 23.8 Å². The summed E-state index contributed by atoms with van der Waals surface area (Å²) in [6.45, 7) is 0. The van der Waals surface area contributed by atoms with Gasteiger partial charge in [-0.2, -0.15) is 0 Å². The molecule has 1 aliphatic carbocycles. The average molecular weight is 352 g/mol. The third-order valence-electron chi connectivity index (χ3n) is 3.47. The monoisotopic (exact) mass is 352 g/mol. The van der Waals surface area contributed by atoms with E-state index in [-0.39, 0.29) is 16.6 Å². The van der Waals surface area contributed by atoms with Gasteiger partial charge in [-0.1, -0.05) is 6.07 Å². The van der Waals surface area contributed by atoms with E-state index in [1.165, 1.54) is 24.3 Å². The molecule has 0 saturated heterocycles. The van der Waals surface area contributed by atoms with E-state index in [4.69, 9.17) is 0 Å². The SMILES string of the molecule is O=C(Nc1cccc(S(=O)(=O)NC2CC2)c1)c1cc(F)ccc1F. The van der Waals surface area contributed by atoms with Gasteiger partial charge < -0.3 is 5.32 Å². The van der Waals surface area contributed by atoms with Crippen LogP contribution in [-0.2, 0) is 10.0 Å². The van der Waals surface area contributed by atoms with Gasteiger partial charge in [0.1, 0.15) is 11.6 Å². The maximum atomic E-state index is 13.6. The van der Waals surface area contributed by atoms with E-state index in [1.54, 1.807) is 0 Å². The molecule has 2 aromatic rings. The van der Waals surface area contributed by atoms with Crippen LogP contribution in [0.4, 0.5) is 14.5 Å². The molecule has 2 aromatic carbocycles. The maximum Gasteiger partial charge on any atom is 0.258 e. The van der Waals surface area contributed by atoms with E-state index in [9.17, 15) is 22.0 Å². The van der Waals surface area contributed by atoms with Crippen molar-refractivity contribution in [3.63, 3.8) is 0 Å². The van der Waals surface area contributed by atoms with Crippen LogP contribution < -0.4 is 10.0 Å². The summed E-state index contributed by atoms with van der Waals surface area (Å²) in [5, 5.41) is 2.37. The van der Waals surface area contributed by atoms with Crippen molar-refractivity contribution >= 4 is 21.6 Å². The van der Waals surface area contributed by atoms with Gasteiger partial charge in [-0.3, -0.25) is 4.79 Å². The highest BCUT2D eigenvalue weighted by molar-refractivity contribution is 7.89. The highest BCUT2D eigenvalue weighted by Crippen LogP contribution is 2.23. The average Bonchev–Trinajstić information content (AvgIpc) is 3.33. The Morgan fingerprint density at radius 3 is 2.54 bits per heavy atom. The Labute approximate surface area is 137 Å². The summed E-state index contributed by atoms with van der Waals surface area (Å²) in [4.78, 5) is 12.0. The molecule has 0 radical (unpaired) electrons. The number of anilines is 1. The molecular weight excluding hydrogens is 338 g/mol. The number of carbonyl (C=O) groups is 1. The van der Waals surface area contributed by atoms with Crippen molar-refractivity contribution in [2.24, 2.45) is 0 Å². The maximum absolute atomic E-state index is 13.6. The van der Waals surface area contributed by atoms with E-state index in [0.717, 1.165) is 31.0 Å². The van der Waals surface area contributed by atoms with E-state index in [1.807, 2.05) is 0 Å². The smallest absolute Gasteiger partial charge is 0.258 e. The summed E-state index contributed by atoms with van der Waals surface area (Å²) in [5.74, 6) is -2.48. The first-order chi connectivity index (χ1) is 11.3. The fourth-order valence-corrected chi connectivity index (χ4v) is 3.45. The molecule has 24 heavy (non-hydrogen) atoms. The van der Waals surface area contributed by atoms with Gasteiger partial charge in [0.05, 0.1) is 10.5 Å². The number of carbonyl (C=O) groups excluding carboxylic acids is 1. The molecule has 0 bridgehead atoms. The topological polar surface area (TPSA) is 75.3 Å². The van der Waals surface area contributed by atoms with Crippen LogP contribution in [0.15, 0.2) is 47.4 Å². The molecule has 1 saturated carbocycles. The third-order valence-corrected chi connectivity index (χ3v) is 4.99. The highest BCUT2D eigenvalue weighted by Gasteiger charge is 2.28. The van der Waals surface area contributed by atoms with Gasteiger partial charge in [-0.05, 0) is 49.2 Å². The first-order valence-corrected chi connectivity index (χ1v) is 8.72. The number of nitrogens with one attached hydrogen (secondary N) is 2. The number of amides is 1. The van der Waals surface area contributed by atoms with Gasteiger partial charge in [0.15, 0.2) is 0 Å². The number of hydrogen-bond donors (Lipinski definition) is 2. The van der Waals surface area contributed by atoms with Crippen LogP contribution in [0.5, 0.6) is 0 Å². The van der Waals surface area contributed by atoms with Crippen molar-refractivity contribution in [1.29, 1.82) is 0 Å². The predicted octanol–water partition coefficient (Wildman–Crippen LogP) is 2.66. The summed E-state index contributed by atoms with van der Waals surface area (Å²) < 4.78 is 53.6. The zero-order chi connectivity index (χ0) is 17.3. The molecule has 8 heteroatoms. The van der Waals surface area contributed by atoms with Crippen LogP contribution in [0, 0.1) is 11.6 Å². The lowest BCUT2D eigenvalue weighted by Gasteiger charge is -2.09. The van der Waals surface area contributed by atoms with E-state index < -0.39 is 33.1 Å². The molecule has 1 aliphatic rings. The molecule has 0 spiro atoms. The second-order valence-corrected chi connectivity index (χ2v) is 7.22. The lowest BCUT2D eigenvalue weighted by molar-refractivity contribution is 0.102. The van der Waals surface area contributed by atoms with Gasteiger partial charge in [0.25, 0.3) is 5.91 Å². The molecule has 0 atom stereocenters. The van der Waals surface area contributed by atoms with Crippen LogP contribution in [0.25, 0.3) is 0 Å². The Kier molecular flexibility index (Phi) is 4.33. The van der Waals surface area contributed by atoms with Crippen molar-refractivity contribution < 1.29 is 22.0 Å². The van der Waals surface area contributed by atoms with E-state index in [0.29, 0.717) is 0 Å². The minimum Gasteiger partial charge on any atom is -0.322 e. The van der Waals surface area contributed by atoms with Gasteiger partial charge in [-0.15, -0.1) is 0 Å². The second kappa shape index (κ2) is 6.29. The van der Waals surface area contributed by atoms with E-state index in [2.05, 4.69) is 10.0 Å². The number of benzene rings is 2. The fourth-order valence-electron chi connectivity index (χ4n) is 2.10. The largest absolute Gasteiger partial charge is 0.322 e. The van der Waals surface area contributed by atoms with Crippen LogP contribution in [-0.4, -0.2) is 20.4 Å². The molecule has 0 heterocycles. The number of sulfonamides is 1. The Morgan fingerprint density at radius 2 is 1.83 bits per heavy atom. The zero-order valence-electron chi connectivity index (χ0n) is 12.4. The van der Waals surface area contributed by atoms with Gasteiger partial charge in [-0.25, -0.2) is 21.9 Å². The number of rotatable bonds is 5. The van der Waals surface area contributed by atoms with Crippen LogP contribution in [0.3, 0.4) is 0 Å². The summed E-state index contributed by atoms with van der Waals surface area (Å²) in [5.41, 5.74) is -0.290. The summed E-state index contributed by atoms with van der Waals surface area (Å²) >= 11 is 0.